The molecular weight excluding hydrogens is 252 g/mol. The molecule has 0 aliphatic carbocycles. The summed E-state index contributed by atoms with van der Waals surface area (Å²) in [6.07, 6.45) is 13.1. The molecule has 0 aliphatic heterocycles. The molecule has 3 heteroatoms. The molecular formula is C16H36N2S. The first-order valence-corrected chi connectivity index (χ1v) is 9.47. The summed E-state index contributed by atoms with van der Waals surface area (Å²) in [4.78, 5) is 2.48. The van der Waals surface area contributed by atoms with Gasteiger partial charge in [0.25, 0.3) is 0 Å². The summed E-state index contributed by atoms with van der Waals surface area (Å²) < 4.78 is 0. The fraction of sp³-hybridized carbons (Fsp3) is 1.00. The van der Waals surface area contributed by atoms with Gasteiger partial charge in [0.1, 0.15) is 0 Å². The van der Waals surface area contributed by atoms with Crippen LogP contribution in [0.15, 0.2) is 0 Å². The van der Waals surface area contributed by atoms with Crippen LogP contribution in [0, 0.1) is 0 Å². The van der Waals surface area contributed by atoms with E-state index in [1.165, 1.54) is 57.1 Å². The number of thioether (sulfide) groups is 1. The minimum Gasteiger partial charge on any atom is -0.329 e. The Morgan fingerprint density at radius 3 is 2.16 bits per heavy atom. The molecule has 0 saturated carbocycles. The highest BCUT2D eigenvalue weighted by Gasteiger charge is 2.17. The van der Waals surface area contributed by atoms with Gasteiger partial charge in [0, 0.05) is 24.4 Å². The molecule has 2 atom stereocenters. The molecule has 0 aliphatic rings. The Morgan fingerprint density at radius 1 is 1.05 bits per heavy atom. The van der Waals surface area contributed by atoms with Crippen molar-refractivity contribution in [1.82, 2.24) is 4.90 Å². The van der Waals surface area contributed by atoms with E-state index in [1.807, 2.05) is 11.8 Å². The lowest BCUT2D eigenvalue weighted by molar-refractivity contribution is 0.189. The first-order chi connectivity index (χ1) is 9.17. The first kappa shape index (κ1) is 19.3. The van der Waals surface area contributed by atoms with Crippen molar-refractivity contribution in [3.63, 3.8) is 0 Å². The predicted molar refractivity (Wildman–Crippen MR) is 91.1 cm³/mol. The average molecular weight is 289 g/mol. The van der Waals surface area contributed by atoms with Crippen molar-refractivity contribution in [2.75, 3.05) is 25.6 Å². The van der Waals surface area contributed by atoms with E-state index in [0.717, 1.165) is 6.54 Å². The van der Waals surface area contributed by atoms with Gasteiger partial charge in [0.2, 0.25) is 0 Å². The zero-order chi connectivity index (χ0) is 14.5. The zero-order valence-corrected chi connectivity index (χ0v) is 14.5. The smallest absolute Gasteiger partial charge is 0.0218 e. The van der Waals surface area contributed by atoms with Gasteiger partial charge >= 0.3 is 0 Å². The van der Waals surface area contributed by atoms with Gasteiger partial charge in [-0.3, -0.25) is 4.90 Å². The lowest BCUT2D eigenvalue weighted by Crippen LogP contribution is -2.44. The van der Waals surface area contributed by atoms with Crippen molar-refractivity contribution in [3.8, 4) is 0 Å². The molecule has 0 aromatic heterocycles. The Bertz CT molecular complexity index is 188. The van der Waals surface area contributed by atoms with Crippen LogP contribution in [0.5, 0.6) is 0 Å². The lowest BCUT2D eigenvalue weighted by atomic mass is 10.0. The van der Waals surface area contributed by atoms with Crippen LogP contribution >= 0.6 is 11.8 Å². The van der Waals surface area contributed by atoms with Gasteiger partial charge in [0.05, 0.1) is 0 Å². The SMILES string of the molecule is CCCCCCCCCC(CN)N(C)C(C)CSC. The van der Waals surface area contributed by atoms with Crippen LogP contribution in [0.25, 0.3) is 0 Å². The Morgan fingerprint density at radius 2 is 1.63 bits per heavy atom. The standard InChI is InChI=1S/C16H36N2S/c1-5-6-7-8-9-10-11-12-16(13-17)18(3)15(2)14-19-4/h15-16H,5-14,17H2,1-4H3. The molecule has 0 saturated heterocycles. The Kier molecular flexibility index (Phi) is 13.5. The molecule has 2 N–H and O–H groups in total. The van der Waals surface area contributed by atoms with Gasteiger partial charge in [-0.05, 0) is 26.6 Å². The summed E-state index contributed by atoms with van der Waals surface area (Å²) in [5, 5.41) is 0. The van der Waals surface area contributed by atoms with Gasteiger partial charge in [-0.1, -0.05) is 51.9 Å². The first-order valence-electron chi connectivity index (χ1n) is 8.08. The Labute approximate surface area is 125 Å². The van der Waals surface area contributed by atoms with E-state index in [2.05, 4.69) is 32.1 Å². The second-order valence-electron chi connectivity index (χ2n) is 5.77. The molecule has 0 rings (SSSR count). The maximum Gasteiger partial charge on any atom is 0.0218 e. The van der Waals surface area contributed by atoms with Gasteiger partial charge in [-0.15, -0.1) is 0 Å². The lowest BCUT2D eigenvalue weighted by Gasteiger charge is -2.32. The van der Waals surface area contributed by atoms with Crippen LogP contribution in [0.4, 0.5) is 0 Å². The third kappa shape index (κ3) is 9.75. The number of hydrogen-bond acceptors (Lipinski definition) is 3. The Balaban J connectivity index is 3.69. The van der Waals surface area contributed by atoms with Crippen molar-refractivity contribution < 1.29 is 0 Å². The largest absolute Gasteiger partial charge is 0.329 e. The van der Waals surface area contributed by atoms with Crippen LogP contribution in [0.1, 0.15) is 65.2 Å². The van der Waals surface area contributed by atoms with E-state index in [1.54, 1.807) is 0 Å². The molecule has 0 bridgehead atoms. The monoisotopic (exact) mass is 288 g/mol. The minimum absolute atomic E-state index is 0.567. The molecule has 2 nitrogen and oxygen atoms in total. The van der Waals surface area contributed by atoms with E-state index in [-0.39, 0.29) is 0 Å². The molecule has 0 heterocycles. The van der Waals surface area contributed by atoms with Crippen LogP contribution in [-0.4, -0.2) is 42.6 Å². The van der Waals surface area contributed by atoms with Crippen molar-refractivity contribution >= 4 is 11.8 Å². The van der Waals surface area contributed by atoms with Crippen molar-refractivity contribution in [2.24, 2.45) is 5.73 Å². The maximum atomic E-state index is 5.94. The van der Waals surface area contributed by atoms with Crippen LogP contribution < -0.4 is 5.73 Å². The Hall–Kier alpha value is 0.270. The molecule has 0 spiro atoms. The second kappa shape index (κ2) is 13.3. The maximum absolute atomic E-state index is 5.94. The average Bonchev–Trinajstić information content (AvgIpc) is 2.41. The number of likely N-dealkylation sites (N-methyl/N-ethyl adjacent to an activating group) is 1. The number of hydrogen-bond donors (Lipinski definition) is 1. The summed E-state index contributed by atoms with van der Waals surface area (Å²) in [5.41, 5.74) is 5.94. The summed E-state index contributed by atoms with van der Waals surface area (Å²) in [7, 11) is 2.24. The predicted octanol–water partition coefficient (Wildman–Crippen LogP) is 4.14. The van der Waals surface area contributed by atoms with Gasteiger partial charge in [0.15, 0.2) is 0 Å². The van der Waals surface area contributed by atoms with E-state index in [9.17, 15) is 0 Å². The normalized spacial score (nSPS) is 14.8. The van der Waals surface area contributed by atoms with Gasteiger partial charge < -0.3 is 5.73 Å². The molecule has 0 radical (unpaired) electrons. The molecule has 0 fully saturated rings. The zero-order valence-electron chi connectivity index (χ0n) is 13.7. The highest BCUT2D eigenvalue weighted by Crippen LogP contribution is 2.14. The van der Waals surface area contributed by atoms with E-state index in [4.69, 9.17) is 5.73 Å². The molecule has 2 unspecified atom stereocenters. The van der Waals surface area contributed by atoms with Crippen molar-refractivity contribution in [2.45, 2.75) is 77.3 Å². The number of rotatable bonds is 13. The van der Waals surface area contributed by atoms with E-state index >= 15 is 0 Å². The van der Waals surface area contributed by atoms with Crippen LogP contribution in [0.3, 0.4) is 0 Å². The third-order valence-corrected chi connectivity index (χ3v) is 4.91. The van der Waals surface area contributed by atoms with Gasteiger partial charge in [-0.25, -0.2) is 0 Å². The van der Waals surface area contributed by atoms with Crippen molar-refractivity contribution in [1.29, 1.82) is 0 Å². The van der Waals surface area contributed by atoms with Crippen molar-refractivity contribution in [3.05, 3.63) is 0 Å². The number of nitrogens with two attached hydrogens (primary N) is 1. The van der Waals surface area contributed by atoms with E-state index < -0.39 is 0 Å². The molecule has 0 aromatic rings. The number of unbranched alkanes of at least 4 members (excludes halogenated alkanes) is 6. The van der Waals surface area contributed by atoms with Crippen LogP contribution in [-0.2, 0) is 0 Å². The number of nitrogens with zero attached hydrogens (tertiary/aromatic N) is 1. The molecule has 19 heavy (non-hydrogen) atoms. The second-order valence-corrected chi connectivity index (χ2v) is 6.68. The molecule has 116 valence electrons. The highest BCUT2D eigenvalue weighted by atomic mass is 32.2. The fourth-order valence-corrected chi connectivity index (χ4v) is 3.26. The summed E-state index contributed by atoms with van der Waals surface area (Å²) >= 11 is 1.92. The quantitative estimate of drug-likeness (QED) is 0.517. The molecule has 0 aromatic carbocycles. The van der Waals surface area contributed by atoms with Gasteiger partial charge in [-0.2, -0.15) is 11.8 Å². The van der Waals surface area contributed by atoms with Crippen LogP contribution in [0.2, 0.25) is 0 Å². The highest BCUT2D eigenvalue weighted by molar-refractivity contribution is 7.98. The molecule has 0 amide bonds. The summed E-state index contributed by atoms with van der Waals surface area (Å²) in [5.74, 6) is 1.20. The fourth-order valence-electron chi connectivity index (χ4n) is 2.54. The summed E-state index contributed by atoms with van der Waals surface area (Å²) in [6.45, 7) is 5.38. The summed E-state index contributed by atoms with van der Waals surface area (Å²) in [6, 6.07) is 1.20. The third-order valence-electron chi connectivity index (χ3n) is 4.09. The van der Waals surface area contributed by atoms with E-state index in [0.29, 0.717) is 12.1 Å². The minimum atomic E-state index is 0.567. The topological polar surface area (TPSA) is 29.3 Å².